The average molecular weight is 200 g/mol. The van der Waals surface area contributed by atoms with Gasteiger partial charge in [-0.15, -0.1) is 0 Å². The Morgan fingerprint density at radius 2 is 2.29 bits per heavy atom. The first-order chi connectivity index (χ1) is 6.69. The summed E-state index contributed by atoms with van der Waals surface area (Å²) in [5.41, 5.74) is 0. The molecular formula is C10H20N2O2. The van der Waals surface area contributed by atoms with E-state index >= 15 is 0 Å². The SMILES string of the molecule is CCN(C(C)CC(=O)OC)C1CNC1. The van der Waals surface area contributed by atoms with Crippen molar-refractivity contribution in [3.05, 3.63) is 0 Å². The van der Waals surface area contributed by atoms with E-state index in [1.165, 1.54) is 7.11 Å². The number of carbonyl (C=O) groups is 1. The zero-order valence-electron chi connectivity index (χ0n) is 9.25. The van der Waals surface area contributed by atoms with Crippen LogP contribution in [0.4, 0.5) is 0 Å². The molecule has 14 heavy (non-hydrogen) atoms. The van der Waals surface area contributed by atoms with Crippen LogP contribution >= 0.6 is 0 Å². The normalized spacial score (nSPS) is 19.1. The lowest BCUT2D eigenvalue weighted by molar-refractivity contribution is -0.142. The molecule has 0 aromatic heterocycles. The molecule has 1 atom stereocenters. The summed E-state index contributed by atoms with van der Waals surface area (Å²) >= 11 is 0. The Kier molecular flexibility index (Phi) is 4.35. The lowest BCUT2D eigenvalue weighted by atomic mass is 10.1. The second-order valence-electron chi connectivity index (χ2n) is 3.77. The molecule has 1 aliphatic rings. The molecule has 1 rings (SSSR count). The molecule has 1 fully saturated rings. The summed E-state index contributed by atoms with van der Waals surface area (Å²) in [6.07, 6.45) is 0.487. The van der Waals surface area contributed by atoms with Crippen LogP contribution in [0, 0.1) is 0 Å². The molecule has 82 valence electrons. The second-order valence-corrected chi connectivity index (χ2v) is 3.77. The molecule has 1 aliphatic heterocycles. The first-order valence-electron chi connectivity index (χ1n) is 5.22. The van der Waals surface area contributed by atoms with Crippen LogP contribution in [0.1, 0.15) is 20.3 Å². The maximum Gasteiger partial charge on any atom is 0.307 e. The number of nitrogens with zero attached hydrogens (tertiary/aromatic N) is 1. The van der Waals surface area contributed by atoms with Gasteiger partial charge in [0.2, 0.25) is 0 Å². The highest BCUT2D eigenvalue weighted by Gasteiger charge is 2.27. The van der Waals surface area contributed by atoms with Crippen LogP contribution in [-0.4, -0.2) is 49.7 Å². The van der Waals surface area contributed by atoms with Gasteiger partial charge in [0.15, 0.2) is 0 Å². The van der Waals surface area contributed by atoms with Gasteiger partial charge in [-0.05, 0) is 13.5 Å². The van der Waals surface area contributed by atoms with E-state index in [4.69, 9.17) is 0 Å². The predicted molar refractivity (Wildman–Crippen MR) is 55.1 cm³/mol. The fourth-order valence-electron chi connectivity index (χ4n) is 1.88. The summed E-state index contributed by atoms with van der Waals surface area (Å²) in [4.78, 5) is 13.5. The molecule has 1 unspecified atom stereocenters. The third-order valence-corrected chi connectivity index (χ3v) is 2.85. The number of hydrogen-bond donors (Lipinski definition) is 1. The molecule has 1 saturated heterocycles. The van der Waals surface area contributed by atoms with Crippen LogP contribution in [0.5, 0.6) is 0 Å². The highest BCUT2D eigenvalue weighted by Crippen LogP contribution is 2.12. The molecule has 0 aromatic rings. The zero-order chi connectivity index (χ0) is 10.6. The maximum absolute atomic E-state index is 11.1. The minimum absolute atomic E-state index is 0.122. The van der Waals surface area contributed by atoms with E-state index in [9.17, 15) is 4.79 Å². The second kappa shape index (κ2) is 5.32. The van der Waals surface area contributed by atoms with Crippen LogP contribution < -0.4 is 5.32 Å². The van der Waals surface area contributed by atoms with Gasteiger partial charge in [0.25, 0.3) is 0 Å². The largest absolute Gasteiger partial charge is 0.469 e. The van der Waals surface area contributed by atoms with Gasteiger partial charge in [0, 0.05) is 25.2 Å². The van der Waals surface area contributed by atoms with E-state index in [2.05, 4.69) is 28.8 Å². The van der Waals surface area contributed by atoms with Gasteiger partial charge in [-0.25, -0.2) is 0 Å². The van der Waals surface area contributed by atoms with Gasteiger partial charge in [-0.1, -0.05) is 6.92 Å². The van der Waals surface area contributed by atoms with Crippen LogP contribution in [0.2, 0.25) is 0 Å². The Balaban J connectivity index is 2.38. The number of nitrogens with one attached hydrogen (secondary N) is 1. The number of esters is 1. The molecule has 0 radical (unpaired) electrons. The molecule has 0 amide bonds. The molecule has 0 spiro atoms. The predicted octanol–water partition coefficient (Wildman–Crippen LogP) is 0.232. The highest BCUT2D eigenvalue weighted by molar-refractivity contribution is 5.69. The van der Waals surface area contributed by atoms with E-state index in [1.807, 2.05) is 0 Å². The van der Waals surface area contributed by atoms with Crippen molar-refractivity contribution in [2.24, 2.45) is 0 Å². The third kappa shape index (κ3) is 2.69. The highest BCUT2D eigenvalue weighted by atomic mass is 16.5. The third-order valence-electron chi connectivity index (χ3n) is 2.85. The summed E-state index contributed by atoms with van der Waals surface area (Å²) in [6.45, 7) is 7.29. The summed E-state index contributed by atoms with van der Waals surface area (Å²) in [5.74, 6) is -0.122. The van der Waals surface area contributed by atoms with E-state index in [0.29, 0.717) is 12.5 Å². The Bertz CT molecular complexity index is 193. The van der Waals surface area contributed by atoms with Gasteiger partial charge < -0.3 is 10.1 Å². The fraction of sp³-hybridized carbons (Fsp3) is 0.900. The molecule has 1 heterocycles. The summed E-state index contributed by atoms with van der Waals surface area (Å²) < 4.78 is 4.67. The Morgan fingerprint density at radius 1 is 1.64 bits per heavy atom. The molecule has 1 N–H and O–H groups in total. The first-order valence-corrected chi connectivity index (χ1v) is 5.22. The molecule has 4 heteroatoms. The maximum atomic E-state index is 11.1. The Morgan fingerprint density at radius 3 is 2.64 bits per heavy atom. The number of likely N-dealkylation sites (N-methyl/N-ethyl adjacent to an activating group) is 1. The van der Waals surface area contributed by atoms with Gasteiger partial charge in [0.1, 0.15) is 0 Å². The average Bonchev–Trinajstić information content (AvgIpc) is 2.10. The van der Waals surface area contributed by atoms with Gasteiger partial charge in [-0.3, -0.25) is 9.69 Å². The summed E-state index contributed by atoms with van der Waals surface area (Å²) in [6, 6.07) is 0.874. The quantitative estimate of drug-likeness (QED) is 0.645. The van der Waals surface area contributed by atoms with E-state index in [1.54, 1.807) is 0 Å². The minimum Gasteiger partial charge on any atom is -0.469 e. The van der Waals surface area contributed by atoms with E-state index in [-0.39, 0.29) is 12.0 Å². The van der Waals surface area contributed by atoms with Crippen molar-refractivity contribution in [1.29, 1.82) is 0 Å². The number of carbonyl (C=O) groups excluding carboxylic acids is 1. The minimum atomic E-state index is -0.122. The lowest BCUT2D eigenvalue weighted by Gasteiger charge is -2.41. The van der Waals surface area contributed by atoms with Crippen molar-refractivity contribution in [3.8, 4) is 0 Å². The monoisotopic (exact) mass is 200 g/mol. The van der Waals surface area contributed by atoms with E-state index in [0.717, 1.165) is 19.6 Å². The van der Waals surface area contributed by atoms with Crippen LogP contribution in [-0.2, 0) is 9.53 Å². The van der Waals surface area contributed by atoms with Gasteiger partial charge in [0.05, 0.1) is 13.5 Å². The first kappa shape index (κ1) is 11.5. The zero-order valence-corrected chi connectivity index (χ0v) is 9.25. The van der Waals surface area contributed by atoms with Crippen molar-refractivity contribution in [3.63, 3.8) is 0 Å². The Labute approximate surface area is 85.6 Å². The van der Waals surface area contributed by atoms with Gasteiger partial charge >= 0.3 is 5.97 Å². The Hall–Kier alpha value is -0.610. The molecule has 0 aliphatic carbocycles. The smallest absolute Gasteiger partial charge is 0.307 e. The molecule has 0 saturated carbocycles. The number of ether oxygens (including phenoxy) is 1. The lowest BCUT2D eigenvalue weighted by Crippen LogP contribution is -2.59. The number of hydrogen-bond acceptors (Lipinski definition) is 4. The van der Waals surface area contributed by atoms with Crippen molar-refractivity contribution in [1.82, 2.24) is 10.2 Å². The van der Waals surface area contributed by atoms with Crippen molar-refractivity contribution in [2.45, 2.75) is 32.4 Å². The molecule has 0 bridgehead atoms. The van der Waals surface area contributed by atoms with Crippen LogP contribution in [0.3, 0.4) is 0 Å². The standard InChI is InChI=1S/C10H20N2O2/c1-4-12(9-6-11-7-9)8(2)5-10(13)14-3/h8-9,11H,4-7H2,1-3H3. The summed E-state index contributed by atoms with van der Waals surface area (Å²) in [7, 11) is 1.44. The van der Waals surface area contributed by atoms with Crippen molar-refractivity contribution >= 4 is 5.97 Å². The van der Waals surface area contributed by atoms with Gasteiger partial charge in [-0.2, -0.15) is 0 Å². The molecular weight excluding hydrogens is 180 g/mol. The molecule has 4 nitrogen and oxygen atoms in total. The fourth-order valence-corrected chi connectivity index (χ4v) is 1.88. The molecule has 0 aromatic carbocycles. The number of rotatable bonds is 5. The van der Waals surface area contributed by atoms with Crippen molar-refractivity contribution in [2.75, 3.05) is 26.7 Å². The van der Waals surface area contributed by atoms with E-state index < -0.39 is 0 Å². The van der Waals surface area contributed by atoms with Crippen molar-refractivity contribution < 1.29 is 9.53 Å². The topological polar surface area (TPSA) is 41.6 Å². The van der Waals surface area contributed by atoms with Crippen LogP contribution in [0.15, 0.2) is 0 Å². The van der Waals surface area contributed by atoms with Crippen LogP contribution in [0.25, 0.3) is 0 Å². The number of methoxy groups -OCH3 is 1. The summed E-state index contributed by atoms with van der Waals surface area (Å²) in [5, 5.41) is 3.24.